The predicted molar refractivity (Wildman–Crippen MR) is 100 cm³/mol. The Balaban J connectivity index is 2.30. The zero-order valence-corrected chi connectivity index (χ0v) is 13.8. The second kappa shape index (κ2) is 8.63. The van der Waals surface area contributed by atoms with Gasteiger partial charge >= 0.3 is 0 Å². The molecule has 0 fully saturated rings. The summed E-state index contributed by atoms with van der Waals surface area (Å²) >= 11 is 0. The smallest absolute Gasteiger partial charge is 0.224 e. The molecular weight excluding hydrogens is 298 g/mol. The van der Waals surface area contributed by atoms with Gasteiger partial charge in [-0.1, -0.05) is 61.2 Å². The summed E-state index contributed by atoms with van der Waals surface area (Å²) < 4.78 is 0. The second-order valence-electron chi connectivity index (χ2n) is 5.55. The van der Waals surface area contributed by atoms with E-state index < -0.39 is 0 Å². The Bertz CT molecular complexity index is 761. The number of hydrogen-bond donors (Lipinski definition) is 1. The molecule has 3 heteroatoms. The first-order valence-electron chi connectivity index (χ1n) is 7.87. The average Bonchev–Trinajstić information content (AvgIpc) is 2.59. The Hall–Kier alpha value is -2.94. The van der Waals surface area contributed by atoms with Crippen molar-refractivity contribution in [3.63, 3.8) is 0 Å². The molecular formula is C21H21NO2. The van der Waals surface area contributed by atoms with Crippen LogP contribution in [0, 0.1) is 0 Å². The maximum atomic E-state index is 11.9. The summed E-state index contributed by atoms with van der Waals surface area (Å²) in [7, 11) is 0. The van der Waals surface area contributed by atoms with Gasteiger partial charge in [0.25, 0.3) is 0 Å². The number of hydrogen-bond acceptors (Lipinski definition) is 2. The number of nitrogens with one attached hydrogen (secondary N) is 1. The van der Waals surface area contributed by atoms with E-state index in [2.05, 4.69) is 11.9 Å². The van der Waals surface area contributed by atoms with Crippen LogP contribution in [0.15, 0.2) is 55.1 Å². The number of anilines is 1. The maximum Gasteiger partial charge on any atom is 0.224 e. The third-order valence-corrected chi connectivity index (χ3v) is 3.54. The number of aldehydes is 1. The molecule has 0 aliphatic rings. The van der Waals surface area contributed by atoms with Crippen LogP contribution < -0.4 is 5.32 Å². The van der Waals surface area contributed by atoms with E-state index in [1.54, 1.807) is 0 Å². The highest BCUT2D eigenvalue weighted by atomic mass is 16.1. The topological polar surface area (TPSA) is 46.2 Å². The van der Waals surface area contributed by atoms with Crippen LogP contribution in [-0.4, -0.2) is 12.2 Å². The van der Waals surface area contributed by atoms with Crippen LogP contribution in [0.2, 0.25) is 0 Å². The Labute approximate surface area is 142 Å². The maximum absolute atomic E-state index is 11.9. The van der Waals surface area contributed by atoms with E-state index in [1.165, 1.54) is 0 Å². The number of rotatable bonds is 7. The minimum Gasteiger partial charge on any atom is -0.325 e. The first-order chi connectivity index (χ1) is 11.6. The molecule has 0 atom stereocenters. The second-order valence-corrected chi connectivity index (χ2v) is 5.55. The largest absolute Gasteiger partial charge is 0.325 e. The molecule has 122 valence electrons. The van der Waals surface area contributed by atoms with E-state index in [9.17, 15) is 9.59 Å². The van der Waals surface area contributed by atoms with Gasteiger partial charge in [0.05, 0.1) is 0 Å². The number of amides is 1. The van der Waals surface area contributed by atoms with E-state index in [-0.39, 0.29) is 18.7 Å². The molecule has 0 aliphatic heterocycles. The van der Waals surface area contributed by atoms with E-state index >= 15 is 0 Å². The van der Waals surface area contributed by atoms with Crippen molar-refractivity contribution < 1.29 is 9.59 Å². The summed E-state index contributed by atoms with van der Waals surface area (Å²) in [5.41, 5.74) is 4.58. The summed E-state index contributed by atoms with van der Waals surface area (Å²) in [6, 6.07) is 15.8. The average molecular weight is 319 g/mol. The first-order valence-corrected chi connectivity index (χ1v) is 7.87. The summed E-state index contributed by atoms with van der Waals surface area (Å²) in [6.07, 6.45) is 5.20. The number of benzene rings is 2. The minimum atomic E-state index is -0.172. The van der Waals surface area contributed by atoms with Crippen LogP contribution in [0.1, 0.15) is 36.5 Å². The van der Waals surface area contributed by atoms with Crippen molar-refractivity contribution in [3.05, 3.63) is 71.8 Å². The lowest BCUT2D eigenvalue weighted by molar-refractivity contribution is -0.118. The van der Waals surface area contributed by atoms with Gasteiger partial charge in [-0.25, -0.2) is 0 Å². The van der Waals surface area contributed by atoms with Gasteiger partial charge in [0.2, 0.25) is 5.91 Å². The molecule has 0 bridgehead atoms. The fourth-order valence-corrected chi connectivity index (χ4v) is 2.44. The molecule has 1 amide bonds. The first kappa shape index (κ1) is 17.4. The molecule has 24 heavy (non-hydrogen) atoms. The fraction of sp³-hybridized carbons (Fsp3) is 0.143. The quantitative estimate of drug-likeness (QED) is 0.588. The van der Waals surface area contributed by atoms with Crippen LogP contribution in [0.5, 0.6) is 0 Å². The van der Waals surface area contributed by atoms with E-state index in [0.29, 0.717) is 5.69 Å². The van der Waals surface area contributed by atoms with Crippen molar-refractivity contribution in [3.8, 4) is 0 Å². The van der Waals surface area contributed by atoms with E-state index in [4.69, 9.17) is 0 Å². The van der Waals surface area contributed by atoms with Crippen LogP contribution in [0.4, 0.5) is 5.69 Å². The van der Waals surface area contributed by atoms with Gasteiger partial charge in [-0.2, -0.15) is 0 Å². The summed E-state index contributed by atoms with van der Waals surface area (Å²) in [6.45, 7) is 5.94. The van der Waals surface area contributed by atoms with Crippen molar-refractivity contribution in [1.82, 2.24) is 0 Å². The molecule has 2 aromatic carbocycles. The predicted octanol–water partition coefficient (Wildman–Crippen LogP) is 4.81. The zero-order chi connectivity index (χ0) is 17.4. The zero-order valence-electron chi connectivity index (χ0n) is 13.8. The molecule has 2 rings (SSSR count). The van der Waals surface area contributed by atoms with E-state index in [0.717, 1.165) is 28.5 Å². The standard InChI is InChI=1S/C21H21NO2/c1-16(2)21-18(14-13-17-8-4-3-5-9-17)10-6-11-19(21)22-20(24)12-7-15-23/h3-6,8-11,13-15H,1,7,12H2,2H3,(H,22,24)/b14-13+. The molecule has 0 saturated heterocycles. The van der Waals surface area contributed by atoms with Gasteiger partial charge in [0.15, 0.2) is 0 Å². The molecule has 0 heterocycles. The van der Waals surface area contributed by atoms with Gasteiger partial charge in [0.1, 0.15) is 6.29 Å². The Morgan fingerprint density at radius 3 is 2.50 bits per heavy atom. The SMILES string of the molecule is C=C(C)c1c(/C=C/c2ccccc2)cccc1NC(=O)CCC=O. The van der Waals surface area contributed by atoms with E-state index in [1.807, 2.05) is 67.6 Å². The van der Waals surface area contributed by atoms with Crippen LogP contribution in [0.3, 0.4) is 0 Å². The lowest BCUT2D eigenvalue weighted by atomic mass is 9.98. The fourth-order valence-electron chi connectivity index (χ4n) is 2.44. The van der Waals surface area contributed by atoms with Crippen molar-refractivity contribution in [2.45, 2.75) is 19.8 Å². The Kier molecular flexibility index (Phi) is 6.26. The molecule has 0 radical (unpaired) electrons. The van der Waals surface area contributed by atoms with Crippen molar-refractivity contribution in [1.29, 1.82) is 0 Å². The van der Waals surface area contributed by atoms with Gasteiger partial charge < -0.3 is 10.1 Å². The van der Waals surface area contributed by atoms with Gasteiger partial charge in [0, 0.05) is 24.1 Å². The highest BCUT2D eigenvalue weighted by Crippen LogP contribution is 2.28. The van der Waals surface area contributed by atoms with Gasteiger partial charge in [-0.3, -0.25) is 4.79 Å². The van der Waals surface area contributed by atoms with Crippen LogP contribution in [0.25, 0.3) is 17.7 Å². The Morgan fingerprint density at radius 2 is 1.83 bits per heavy atom. The van der Waals surface area contributed by atoms with Gasteiger partial charge in [-0.15, -0.1) is 0 Å². The van der Waals surface area contributed by atoms with Crippen LogP contribution >= 0.6 is 0 Å². The van der Waals surface area contributed by atoms with Crippen LogP contribution in [-0.2, 0) is 9.59 Å². The van der Waals surface area contributed by atoms with Crippen molar-refractivity contribution in [2.24, 2.45) is 0 Å². The molecule has 2 aromatic rings. The lowest BCUT2D eigenvalue weighted by Gasteiger charge is -2.14. The number of allylic oxidation sites excluding steroid dienone is 1. The molecule has 0 spiro atoms. The molecule has 0 aliphatic carbocycles. The third kappa shape index (κ3) is 4.78. The summed E-state index contributed by atoms with van der Waals surface area (Å²) in [5, 5.41) is 2.87. The molecule has 1 N–H and O–H groups in total. The molecule has 3 nitrogen and oxygen atoms in total. The lowest BCUT2D eigenvalue weighted by Crippen LogP contribution is -2.13. The Morgan fingerprint density at radius 1 is 1.08 bits per heavy atom. The summed E-state index contributed by atoms with van der Waals surface area (Å²) in [5.74, 6) is -0.172. The monoisotopic (exact) mass is 319 g/mol. The minimum absolute atomic E-state index is 0.172. The third-order valence-electron chi connectivity index (χ3n) is 3.54. The number of carbonyl (C=O) groups is 2. The summed E-state index contributed by atoms with van der Waals surface area (Å²) in [4.78, 5) is 22.3. The highest BCUT2D eigenvalue weighted by Gasteiger charge is 2.10. The van der Waals surface area contributed by atoms with Crippen molar-refractivity contribution in [2.75, 3.05) is 5.32 Å². The highest BCUT2D eigenvalue weighted by molar-refractivity contribution is 5.96. The molecule has 0 saturated carbocycles. The molecule has 0 aromatic heterocycles. The van der Waals surface area contributed by atoms with Gasteiger partial charge in [-0.05, 0) is 29.7 Å². The molecule has 0 unspecified atom stereocenters. The van der Waals surface area contributed by atoms with Crippen molar-refractivity contribution >= 4 is 35.6 Å². The normalized spacial score (nSPS) is 10.5. The number of carbonyl (C=O) groups excluding carboxylic acids is 2.